The summed E-state index contributed by atoms with van der Waals surface area (Å²) in [6, 6.07) is 9.10. The van der Waals surface area contributed by atoms with Crippen LogP contribution in [0.1, 0.15) is 18.5 Å². The van der Waals surface area contributed by atoms with Gasteiger partial charge in [0, 0.05) is 10.9 Å². The Balaban J connectivity index is 1.74. The molecule has 27 heavy (non-hydrogen) atoms. The molecule has 1 aliphatic rings. The molecule has 0 saturated heterocycles. The Bertz CT molecular complexity index is 915. The highest BCUT2D eigenvalue weighted by Crippen LogP contribution is 2.37. The van der Waals surface area contributed by atoms with Gasteiger partial charge in [-0.2, -0.15) is 13.2 Å². The Labute approximate surface area is 158 Å². The van der Waals surface area contributed by atoms with Crippen LogP contribution in [0.15, 0.2) is 52.3 Å². The van der Waals surface area contributed by atoms with Crippen LogP contribution in [0.5, 0.6) is 11.5 Å². The number of hydrogen-bond acceptors (Lipinski definition) is 5. The zero-order valence-electron chi connectivity index (χ0n) is 14.1. The molecule has 0 aromatic heterocycles. The van der Waals surface area contributed by atoms with E-state index in [1.54, 1.807) is 25.1 Å². The number of ether oxygens (including phenoxy) is 2. The number of alkyl halides is 3. The summed E-state index contributed by atoms with van der Waals surface area (Å²) in [7, 11) is -3.90. The van der Waals surface area contributed by atoms with E-state index in [1.165, 1.54) is 0 Å². The van der Waals surface area contributed by atoms with E-state index in [0.717, 1.165) is 24.3 Å². The third kappa shape index (κ3) is 5.08. The highest BCUT2D eigenvalue weighted by Gasteiger charge is 2.29. The molecule has 2 aromatic carbocycles. The van der Waals surface area contributed by atoms with E-state index in [-0.39, 0.29) is 21.6 Å². The average molecular weight is 419 g/mol. The Morgan fingerprint density at radius 2 is 1.67 bits per heavy atom. The summed E-state index contributed by atoms with van der Waals surface area (Å²) in [5, 5.41) is 0. The van der Waals surface area contributed by atoms with Crippen LogP contribution in [0.3, 0.4) is 0 Å². The maximum Gasteiger partial charge on any atom is 0.446 e. The summed E-state index contributed by atoms with van der Waals surface area (Å²) in [6.07, 6.45) is 0. The number of nitrogens with one attached hydrogen (secondary N) is 1. The van der Waals surface area contributed by atoms with E-state index >= 15 is 0 Å². The van der Waals surface area contributed by atoms with Gasteiger partial charge < -0.3 is 9.47 Å². The van der Waals surface area contributed by atoms with Gasteiger partial charge in [0.1, 0.15) is 13.2 Å². The van der Waals surface area contributed by atoms with Crippen LogP contribution in [0, 0.1) is 0 Å². The molecule has 1 N–H and O–H groups in total. The van der Waals surface area contributed by atoms with Crippen LogP contribution in [-0.2, 0) is 10.0 Å². The maximum absolute atomic E-state index is 12.5. The van der Waals surface area contributed by atoms with Gasteiger partial charge in [-0.1, -0.05) is 6.07 Å². The molecule has 1 heterocycles. The highest BCUT2D eigenvalue weighted by atomic mass is 32.2. The first-order chi connectivity index (χ1) is 12.6. The minimum atomic E-state index is -4.43. The van der Waals surface area contributed by atoms with Crippen molar-refractivity contribution in [3.8, 4) is 11.5 Å². The molecule has 146 valence electrons. The molecule has 0 radical (unpaired) electrons. The molecule has 0 amide bonds. The van der Waals surface area contributed by atoms with Crippen LogP contribution < -0.4 is 14.2 Å². The van der Waals surface area contributed by atoms with Gasteiger partial charge in [0.15, 0.2) is 11.5 Å². The molecule has 1 atom stereocenters. The smallest absolute Gasteiger partial charge is 0.446 e. The topological polar surface area (TPSA) is 64.6 Å². The number of benzene rings is 2. The summed E-state index contributed by atoms with van der Waals surface area (Å²) in [5.74, 6) is 1.14. The number of halogens is 3. The van der Waals surface area contributed by atoms with Crippen molar-refractivity contribution < 1.29 is 31.1 Å². The maximum atomic E-state index is 12.5. The first-order valence-electron chi connectivity index (χ1n) is 7.92. The molecular formula is C17H16F3NO4S2. The molecule has 1 unspecified atom stereocenters. The monoisotopic (exact) mass is 419 g/mol. The molecule has 1 aliphatic heterocycles. The fourth-order valence-electron chi connectivity index (χ4n) is 2.52. The lowest BCUT2D eigenvalue weighted by atomic mass is 10.1. The quantitative estimate of drug-likeness (QED) is 0.739. The van der Waals surface area contributed by atoms with Crippen molar-refractivity contribution in [2.75, 3.05) is 13.2 Å². The molecule has 10 heteroatoms. The minimum absolute atomic E-state index is 0.0821. The number of rotatable bonds is 5. The Morgan fingerprint density at radius 1 is 1.04 bits per heavy atom. The lowest BCUT2D eigenvalue weighted by molar-refractivity contribution is -0.0328. The number of fused-ring (bicyclic) bond motifs is 1. The normalized spacial score (nSPS) is 15.4. The average Bonchev–Trinajstić information content (AvgIpc) is 2.60. The largest absolute Gasteiger partial charge is 0.486 e. The van der Waals surface area contributed by atoms with Crippen molar-refractivity contribution in [1.29, 1.82) is 0 Å². The molecule has 2 aromatic rings. The zero-order valence-corrected chi connectivity index (χ0v) is 15.7. The summed E-state index contributed by atoms with van der Waals surface area (Å²) in [6.45, 7) is 2.53. The summed E-state index contributed by atoms with van der Waals surface area (Å²) in [5.41, 5.74) is -3.75. The summed E-state index contributed by atoms with van der Waals surface area (Å²) < 4.78 is 75.5. The van der Waals surface area contributed by atoms with Gasteiger partial charge in [-0.25, -0.2) is 13.1 Å². The third-order valence-corrected chi connectivity index (χ3v) is 6.06. The Kier molecular flexibility index (Phi) is 5.59. The number of sulfonamides is 1. The molecule has 5 nitrogen and oxygen atoms in total. The van der Waals surface area contributed by atoms with E-state index in [1.807, 2.05) is 0 Å². The zero-order chi connectivity index (χ0) is 19.7. The van der Waals surface area contributed by atoms with Gasteiger partial charge >= 0.3 is 5.51 Å². The predicted molar refractivity (Wildman–Crippen MR) is 94.5 cm³/mol. The second kappa shape index (κ2) is 7.61. The van der Waals surface area contributed by atoms with E-state index < -0.39 is 21.6 Å². The van der Waals surface area contributed by atoms with Crippen LogP contribution in [-0.4, -0.2) is 27.1 Å². The van der Waals surface area contributed by atoms with Crippen molar-refractivity contribution >= 4 is 21.8 Å². The molecule has 3 rings (SSSR count). The fraction of sp³-hybridized carbons (Fsp3) is 0.294. The van der Waals surface area contributed by atoms with Crippen molar-refractivity contribution in [1.82, 2.24) is 4.72 Å². The number of hydrogen-bond donors (Lipinski definition) is 1. The van der Waals surface area contributed by atoms with Gasteiger partial charge in [-0.15, -0.1) is 0 Å². The first-order valence-corrected chi connectivity index (χ1v) is 10.2. The minimum Gasteiger partial charge on any atom is -0.486 e. The van der Waals surface area contributed by atoms with Gasteiger partial charge in [-0.05, 0) is 60.6 Å². The molecular weight excluding hydrogens is 403 g/mol. The van der Waals surface area contributed by atoms with E-state index in [0.29, 0.717) is 30.3 Å². The SMILES string of the molecule is CC(NS(=O)(=O)c1ccc(SC(F)(F)F)cc1)c1ccc2c(c1)OCCO2. The van der Waals surface area contributed by atoms with Crippen LogP contribution in [0.4, 0.5) is 13.2 Å². The molecule has 0 aliphatic carbocycles. The second-order valence-electron chi connectivity index (χ2n) is 5.77. The highest BCUT2D eigenvalue weighted by molar-refractivity contribution is 8.00. The molecule has 0 fully saturated rings. The van der Waals surface area contributed by atoms with Crippen molar-refractivity contribution in [2.45, 2.75) is 28.3 Å². The number of thioether (sulfide) groups is 1. The van der Waals surface area contributed by atoms with Crippen molar-refractivity contribution in [3.63, 3.8) is 0 Å². The van der Waals surface area contributed by atoms with E-state index in [9.17, 15) is 21.6 Å². The van der Waals surface area contributed by atoms with E-state index in [4.69, 9.17) is 9.47 Å². The lowest BCUT2D eigenvalue weighted by Crippen LogP contribution is -2.27. The standard InChI is InChI=1S/C17H16F3NO4S2/c1-11(12-2-7-15-16(10-12)25-9-8-24-15)21-27(22,23)14-5-3-13(4-6-14)26-17(18,19)20/h2-7,10-11,21H,8-9H2,1H3. The van der Waals surface area contributed by atoms with Crippen molar-refractivity contribution in [2.24, 2.45) is 0 Å². The second-order valence-corrected chi connectivity index (χ2v) is 8.62. The molecule has 0 saturated carbocycles. The van der Waals surface area contributed by atoms with Gasteiger partial charge in [0.25, 0.3) is 0 Å². The van der Waals surface area contributed by atoms with Gasteiger partial charge in [0.2, 0.25) is 10.0 Å². The summed E-state index contributed by atoms with van der Waals surface area (Å²) in [4.78, 5) is -0.195. The predicted octanol–water partition coefficient (Wildman–Crippen LogP) is 4.11. The van der Waals surface area contributed by atoms with Crippen LogP contribution in [0.25, 0.3) is 0 Å². The van der Waals surface area contributed by atoms with Crippen LogP contribution in [0.2, 0.25) is 0 Å². The third-order valence-electron chi connectivity index (χ3n) is 3.77. The first kappa shape index (κ1) is 19.8. The molecule has 0 spiro atoms. The van der Waals surface area contributed by atoms with Crippen LogP contribution >= 0.6 is 11.8 Å². The van der Waals surface area contributed by atoms with Crippen molar-refractivity contribution in [3.05, 3.63) is 48.0 Å². The lowest BCUT2D eigenvalue weighted by Gasteiger charge is -2.21. The Hall–Kier alpha value is -1.91. The fourth-order valence-corrected chi connectivity index (χ4v) is 4.29. The van der Waals surface area contributed by atoms with Gasteiger partial charge in [0.05, 0.1) is 4.90 Å². The van der Waals surface area contributed by atoms with E-state index in [2.05, 4.69) is 4.72 Å². The Morgan fingerprint density at radius 3 is 2.30 bits per heavy atom. The molecule has 0 bridgehead atoms. The van der Waals surface area contributed by atoms with Gasteiger partial charge in [-0.3, -0.25) is 0 Å². The summed E-state index contributed by atoms with van der Waals surface area (Å²) >= 11 is -0.297.